The summed E-state index contributed by atoms with van der Waals surface area (Å²) in [6.07, 6.45) is 4.82. The van der Waals surface area contributed by atoms with Crippen LogP contribution in [0.5, 0.6) is 0 Å². The second-order valence-electron chi connectivity index (χ2n) is 9.01. The zero-order valence-corrected chi connectivity index (χ0v) is 20.0. The summed E-state index contributed by atoms with van der Waals surface area (Å²) in [6, 6.07) is 10.6. The first kappa shape index (κ1) is 24.3. The van der Waals surface area contributed by atoms with Crippen molar-refractivity contribution in [1.82, 2.24) is 9.80 Å². The van der Waals surface area contributed by atoms with Crippen molar-refractivity contribution >= 4 is 34.3 Å². The average molecular weight is 475 g/mol. The van der Waals surface area contributed by atoms with Crippen LogP contribution in [0.3, 0.4) is 0 Å². The zero-order valence-electron chi connectivity index (χ0n) is 20.0. The maximum atomic E-state index is 13.3. The summed E-state index contributed by atoms with van der Waals surface area (Å²) in [5.74, 6) is -0.422. The molecule has 4 rings (SSSR count). The maximum Gasteiger partial charge on any atom is 0.247 e. The van der Waals surface area contributed by atoms with Gasteiger partial charge in [-0.1, -0.05) is 6.92 Å². The molecular weight excluding hydrogens is 444 g/mol. The van der Waals surface area contributed by atoms with Crippen molar-refractivity contribution in [3.05, 3.63) is 30.0 Å². The number of furan rings is 1. The van der Waals surface area contributed by atoms with Crippen LogP contribution < -0.4 is 5.32 Å². The van der Waals surface area contributed by atoms with Gasteiger partial charge in [0.2, 0.25) is 11.8 Å². The molecule has 0 saturated carbocycles. The minimum atomic E-state index is -1.16. The van der Waals surface area contributed by atoms with Gasteiger partial charge in [0.25, 0.3) is 0 Å². The van der Waals surface area contributed by atoms with Gasteiger partial charge in [0.15, 0.2) is 5.92 Å². The van der Waals surface area contributed by atoms with Gasteiger partial charge in [-0.2, -0.15) is 10.5 Å². The lowest BCUT2D eigenvalue weighted by molar-refractivity contribution is -0.140. The van der Waals surface area contributed by atoms with Gasteiger partial charge in [-0.3, -0.25) is 14.6 Å². The lowest BCUT2D eigenvalue weighted by atomic mass is 10.1. The van der Waals surface area contributed by atoms with Gasteiger partial charge in [0.05, 0.1) is 18.7 Å². The molecule has 0 spiro atoms. The molecule has 0 aliphatic carbocycles. The second kappa shape index (κ2) is 11.1. The number of carbonyl (C=O) groups is 2. The Hall–Kier alpha value is -3.85. The fourth-order valence-corrected chi connectivity index (χ4v) is 4.59. The first-order valence-electron chi connectivity index (χ1n) is 12.3. The van der Waals surface area contributed by atoms with Gasteiger partial charge >= 0.3 is 0 Å². The van der Waals surface area contributed by atoms with E-state index in [9.17, 15) is 20.1 Å². The minimum Gasteiger partial charge on any atom is -0.461 e. The highest BCUT2D eigenvalue weighted by atomic mass is 16.3. The average Bonchev–Trinajstić information content (AvgIpc) is 3.51. The number of likely N-dealkylation sites (tertiary alicyclic amines) is 2. The highest BCUT2D eigenvalue weighted by Gasteiger charge is 2.31. The summed E-state index contributed by atoms with van der Waals surface area (Å²) in [7, 11) is 0. The predicted octanol–water partition coefficient (Wildman–Crippen LogP) is 3.47. The lowest BCUT2D eigenvalue weighted by Gasteiger charge is -2.25. The van der Waals surface area contributed by atoms with Crippen LogP contribution in [-0.4, -0.2) is 59.7 Å². The molecule has 1 aromatic carbocycles. The third-order valence-corrected chi connectivity index (χ3v) is 6.55. The number of amides is 2. The topological polar surface area (TPSA) is 126 Å². The Morgan fingerprint density at radius 2 is 1.91 bits per heavy atom. The van der Waals surface area contributed by atoms with Crippen LogP contribution in [0, 0.1) is 28.6 Å². The molecule has 1 atom stereocenters. The maximum absolute atomic E-state index is 13.3. The van der Waals surface area contributed by atoms with E-state index in [2.05, 4.69) is 10.3 Å². The van der Waals surface area contributed by atoms with Crippen molar-refractivity contribution in [2.45, 2.75) is 51.5 Å². The van der Waals surface area contributed by atoms with Crippen molar-refractivity contribution in [2.75, 3.05) is 31.5 Å². The molecule has 0 unspecified atom stereocenters. The third kappa shape index (κ3) is 5.63. The molecule has 0 bridgehead atoms. The summed E-state index contributed by atoms with van der Waals surface area (Å²) in [4.78, 5) is 34.0. The van der Waals surface area contributed by atoms with E-state index in [1.54, 1.807) is 15.9 Å². The smallest absolute Gasteiger partial charge is 0.247 e. The zero-order chi connectivity index (χ0) is 24.8. The van der Waals surface area contributed by atoms with Crippen LogP contribution in [0.1, 0.15) is 44.8 Å². The van der Waals surface area contributed by atoms with Crippen LogP contribution in [0.15, 0.2) is 33.7 Å². The number of benzene rings is 1. The highest BCUT2D eigenvalue weighted by molar-refractivity contribution is 6.03. The summed E-state index contributed by atoms with van der Waals surface area (Å²) in [6.45, 7) is 4.04. The highest BCUT2D eigenvalue weighted by Crippen LogP contribution is 2.24. The van der Waals surface area contributed by atoms with Crippen LogP contribution in [0.2, 0.25) is 0 Å². The Kier molecular flexibility index (Phi) is 7.67. The number of carbonyl (C=O) groups excluding carboxylic acids is 2. The fourth-order valence-electron chi connectivity index (χ4n) is 4.59. The molecule has 182 valence electrons. The Morgan fingerprint density at radius 3 is 2.63 bits per heavy atom. The number of aryl methyl sites for hydroxylation is 1. The number of anilines is 1. The number of hydrogen-bond donors (Lipinski definition) is 1. The number of aliphatic imine (C=N–C) groups is 1. The molecule has 2 saturated heterocycles. The molecule has 1 N–H and O–H groups in total. The summed E-state index contributed by atoms with van der Waals surface area (Å²) < 4.78 is 5.75. The minimum absolute atomic E-state index is 0.0365. The van der Waals surface area contributed by atoms with Crippen molar-refractivity contribution in [1.29, 1.82) is 10.5 Å². The molecule has 2 amide bonds. The number of rotatable bonds is 6. The van der Waals surface area contributed by atoms with Gasteiger partial charge in [0, 0.05) is 37.1 Å². The molecule has 3 heterocycles. The predicted molar refractivity (Wildman–Crippen MR) is 131 cm³/mol. The summed E-state index contributed by atoms with van der Waals surface area (Å²) in [5.41, 5.74) is 1.40. The van der Waals surface area contributed by atoms with Crippen LogP contribution in [0.4, 0.5) is 5.69 Å². The second-order valence-corrected chi connectivity index (χ2v) is 9.01. The SMILES string of the molecule is CCc1cc2cc(NC(=N[C@H]3CCCCN(CC(=O)N4CCCC4)C3=O)C(C#N)C#N)ccc2o1. The van der Waals surface area contributed by atoms with Gasteiger partial charge in [0.1, 0.15) is 23.2 Å². The Morgan fingerprint density at radius 1 is 1.17 bits per heavy atom. The van der Waals surface area contributed by atoms with Crippen LogP contribution in [-0.2, 0) is 16.0 Å². The van der Waals surface area contributed by atoms with E-state index in [4.69, 9.17) is 4.42 Å². The first-order chi connectivity index (χ1) is 17.0. The third-order valence-electron chi connectivity index (χ3n) is 6.55. The molecular formula is C26H30N6O3. The number of nitriles is 2. The monoisotopic (exact) mass is 474 g/mol. The van der Waals surface area contributed by atoms with E-state index in [0.29, 0.717) is 18.7 Å². The molecule has 9 nitrogen and oxygen atoms in total. The summed E-state index contributed by atoms with van der Waals surface area (Å²) in [5, 5.41) is 23.1. The molecule has 2 aliphatic heterocycles. The van der Waals surface area contributed by atoms with Gasteiger partial charge in [-0.15, -0.1) is 0 Å². The number of nitrogens with zero attached hydrogens (tertiary/aromatic N) is 5. The number of nitrogens with one attached hydrogen (secondary N) is 1. The number of fused-ring (bicyclic) bond motifs is 1. The van der Waals surface area contributed by atoms with E-state index in [0.717, 1.165) is 61.9 Å². The van der Waals surface area contributed by atoms with Gasteiger partial charge in [-0.25, -0.2) is 0 Å². The van der Waals surface area contributed by atoms with E-state index < -0.39 is 12.0 Å². The molecule has 0 radical (unpaired) electrons. The van der Waals surface area contributed by atoms with Crippen LogP contribution >= 0.6 is 0 Å². The molecule has 9 heteroatoms. The number of hydrogen-bond acceptors (Lipinski definition) is 6. The normalized spacial score (nSPS) is 19.0. The number of amidine groups is 1. The largest absolute Gasteiger partial charge is 0.461 e. The van der Waals surface area contributed by atoms with Gasteiger partial charge in [-0.05, 0) is 56.4 Å². The van der Waals surface area contributed by atoms with E-state index in [1.807, 2.05) is 37.3 Å². The quantitative estimate of drug-likeness (QED) is 0.505. The molecule has 35 heavy (non-hydrogen) atoms. The van der Waals surface area contributed by atoms with E-state index in [1.165, 1.54) is 0 Å². The Balaban J connectivity index is 1.57. The van der Waals surface area contributed by atoms with Crippen molar-refractivity contribution in [3.8, 4) is 12.1 Å². The van der Waals surface area contributed by atoms with E-state index in [-0.39, 0.29) is 24.2 Å². The fraction of sp³-hybridized carbons (Fsp3) is 0.500. The van der Waals surface area contributed by atoms with Crippen molar-refractivity contribution in [2.24, 2.45) is 10.9 Å². The van der Waals surface area contributed by atoms with Gasteiger partial charge < -0.3 is 19.5 Å². The lowest BCUT2D eigenvalue weighted by Crippen LogP contribution is -2.45. The first-order valence-corrected chi connectivity index (χ1v) is 12.3. The molecule has 2 aromatic rings. The van der Waals surface area contributed by atoms with Crippen molar-refractivity contribution < 1.29 is 14.0 Å². The van der Waals surface area contributed by atoms with E-state index >= 15 is 0 Å². The van der Waals surface area contributed by atoms with Crippen LogP contribution in [0.25, 0.3) is 11.0 Å². The molecule has 2 fully saturated rings. The standard InChI is InChI=1S/C26H30N6O3/c1-2-21-14-18-13-20(8-9-23(18)35-21)29-25(19(15-27)16-28)30-22-7-3-4-12-32(26(22)34)17-24(33)31-10-5-6-11-31/h8-9,13-14,19,22H,2-7,10-12,17H2,1H3,(H,29,30)/t22-/m0/s1. The van der Waals surface area contributed by atoms with Crippen molar-refractivity contribution in [3.63, 3.8) is 0 Å². The summed E-state index contributed by atoms with van der Waals surface area (Å²) >= 11 is 0. The Bertz CT molecular complexity index is 1180. The molecule has 1 aromatic heterocycles. The Labute approximate surface area is 205 Å². The molecule has 2 aliphatic rings.